The van der Waals surface area contributed by atoms with Crippen LogP contribution in [0.2, 0.25) is 0 Å². The molecule has 0 radical (unpaired) electrons. The molecule has 13 heavy (non-hydrogen) atoms. The van der Waals surface area contributed by atoms with E-state index in [0.717, 1.165) is 5.92 Å². The lowest BCUT2D eigenvalue weighted by Gasteiger charge is -2.31. The summed E-state index contributed by atoms with van der Waals surface area (Å²) in [5.74, 6) is 0.918. The van der Waals surface area contributed by atoms with Crippen molar-refractivity contribution in [3.63, 3.8) is 0 Å². The summed E-state index contributed by atoms with van der Waals surface area (Å²) < 4.78 is 0. The van der Waals surface area contributed by atoms with Crippen LogP contribution in [0, 0.1) is 11.3 Å². The fraction of sp³-hybridized carbons (Fsp3) is 1.00. The highest BCUT2D eigenvalue weighted by atomic mass is 14.3. The van der Waals surface area contributed by atoms with Crippen molar-refractivity contribution in [1.82, 2.24) is 0 Å². The Hall–Kier alpha value is 0. The Kier molecular flexibility index (Phi) is 6.45. The van der Waals surface area contributed by atoms with E-state index in [9.17, 15) is 0 Å². The highest BCUT2D eigenvalue weighted by Crippen LogP contribution is 2.35. The number of hydrogen-bond acceptors (Lipinski definition) is 0. The molecule has 0 aromatic heterocycles. The molecule has 0 heteroatoms. The predicted molar refractivity (Wildman–Crippen MR) is 62.0 cm³/mol. The van der Waals surface area contributed by atoms with Crippen molar-refractivity contribution in [1.29, 1.82) is 0 Å². The van der Waals surface area contributed by atoms with Gasteiger partial charge in [-0.3, -0.25) is 0 Å². The van der Waals surface area contributed by atoms with Gasteiger partial charge in [0.15, 0.2) is 0 Å². The topological polar surface area (TPSA) is 0 Å². The van der Waals surface area contributed by atoms with Gasteiger partial charge in [-0.25, -0.2) is 0 Å². The molecular weight excluding hydrogens is 156 g/mol. The third kappa shape index (κ3) is 5.33. The van der Waals surface area contributed by atoms with Crippen LogP contribution in [0.15, 0.2) is 0 Å². The Morgan fingerprint density at radius 2 is 1.69 bits per heavy atom. The zero-order valence-corrected chi connectivity index (χ0v) is 10.3. The molecule has 0 saturated heterocycles. The molecule has 0 aliphatic rings. The lowest BCUT2D eigenvalue weighted by atomic mass is 9.75. The van der Waals surface area contributed by atoms with Gasteiger partial charge in [0.2, 0.25) is 0 Å². The van der Waals surface area contributed by atoms with Gasteiger partial charge in [-0.05, 0) is 24.2 Å². The lowest BCUT2D eigenvalue weighted by molar-refractivity contribution is 0.211. The van der Waals surface area contributed by atoms with Gasteiger partial charge < -0.3 is 0 Å². The van der Waals surface area contributed by atoms with E-state index in [2.05, 4.69) is 34.6 Å². The second kappa shape index (κ2) is 6.45. The molecule has 0 fully saturated rings. The minimum atomic E-state index is 0.614. The molecule has 2 atom stereocenters. The van der Waals surface area contributed by atoms with Crippen LogP contribution >= 0.6 is 0 Å². The Labute approximate surface area is 85.1 Å². The normalized spacial score (nSPS) is 18.2. The Morgan fingerprint density at radius 1 is 1.08 bits per heavy atom. The first kappa shape index (κ1) is 13.0. The Balaban J connectivity index is 3.93. The van der Waals surface area contributed by atoms with Crippen molar-refractivity contribution in [2.75, 3.05) is 0 Å². The fourth-order valence-electron chi connectivity index (χ4n) is 2.46. The van der Waals surface area contributed by atoms with Crippen molar-refractivity contribution < 1.29 is 0 Å². The zero-order chi connectivity index (χ0) is 10.3. The maximum absolute atomic E-state index is 2.46. The Morgan fingerprint density at radius 3 is 2.08 bits per heavy atom. The van der Waals surface area contributed by atoms with Crippen molar-refractivity contribution in [2.45, 2.75) is 73.1 Å². The maximum Gasteiger partial charge on any atom is -0.0326 e. The first-order valence-corrected chi connectivity index (χ1v) is 6.08. The van der Waals surface area contributed by atoms with E-state index in [1.807, 2.05) is 0 Å². The summed E-state index contributed by atoms with van der Waals surface area (Å²) in [5, 5.41) is 0. The summed E-state index contributed by atoms with van der Waals surface area (Å²) in [4.78, 5) is 0. The molecule has 0 aliphatic heterocycles. The molecule has 0 nitrogen and oxygen atoms in total. The number of hydrogen-bond donors (Lipinski definition) is 0. The lowest BCUT2D eigenvalue weighted by Crippen LogP contribution is -2.18. The van der Waals surface area contributed by atoms with Gasteiger partial charge in [-0.2, -0.15) is 0 Å². The molecule has 0 bridgehead atoms. The predicted octanol–water partition coefficient (Wildman–Crippen LogP) is 5.03. The average molecular weight is 184 g/mol. The second-order valence-electron chi connectivity index (χ2n) is 5.01. The smallest absolute Gasteiger partial charge is 0.0326 e. The van der Waals surface area contributed by atoms with Crippen molar-refractivity contribution in [3.8, 4) is 0 Å². The summed E-state index contributed by atoms with van der Waals surface area (Å²) in [6.45, 7) is 11.8. The summed E-state index contributed by atoms with van der Waals surface area (Å²) >= 11 is 0. The summed E-state index contributed by atoms with van der Waals surface area (Å²) in [5.41, 5.74) is 0.614. The molecule has 80 valence electrons. The third-order valence-electron chi connectivity index (χ3n) is 3.33. The Bertz CT molecular complexity index is 117. The van der Waals surface area contributed by atoms with Gasteiger partial charge in [0.05, 0.1) is 0 Å². The van der Waals surface area contributed by atoms with Gasteiger partial charge in [0.1, 0.15) is 0 Å². The minimum Gasteiger partial charge on any atom is -0.0654 e. The molecule has 0 amide bonds. The van der Waals surface area contributed by atoms with Crippen LogP contribution in [0.25, 0.3) is 0 Å². The molecule has 0 saturated carbocycles. The van der Waals surface area contributed by atoms with E-state index in [0.29, 0.717) is 5.41 Å². The second-order valence-corrected chi connectivity index (χ2v) is 5.01. The quantitative estimate of drug-likeness (QED) is 0.520. The summed E-state index contributed by atoms with van der Waals surface area (Å²) in [7, 11) is 0. The molecule has 0 rings (SSSR count). The van der Waals surface area contributed by atoms with Gasteiger partial charge in [-0.1, -0.05) is 60.3 Å². The van der Waals surface area contributed by atoms with Crippen LogP contribution in [0.3, 0.4) is 0 Å². The first-order valence-electron chi connectivity index (χ1n) is 6.08. The number of rotatable bonds is 7. The van der Waals surface area contributed by atoms with E-state index < -0.39 is 0 Å². The van der Waals surface area contributed by atoms with E-state index in [1.54, 1.807) is 0 Å². The SMILES string of the molecule is CCCC(C)CC(C)(CC)CCC. The maximum atomic E-state index is 2.46. The van der Waals surface area contributed by atoms with Gasteiger partial charge in [0, 0.05) is 0 Å². The molecule has 0 aliphatic carbocycles. The highest BCUT2D eigenvalue weighted by molar-refractivity contribution is 4.74. The summed E-state index contributed by atoms with van der Waals surface area (Å²) in [6.07, 6.45) is 8.24. The first-order chi connectivity index (χ1) is 6.08. The largest absolute Gasteiger partial charge is 0.0654 e. The monoisotopic (exact) mass is 184 g/mol. The van der Waals surface area contributed by atoms with Crippen LogP contribution < -0.4 is 0 Å². The van der Waals surface area contributed by atoms with Crippen LogP contribution in [0.5, 0.6) is 0 Å². The van der Waals surface area contributed by atoms with Crippen LogP contribution in [0.1, 0.15) is 73.1 Å². The van der Waals surface area contributed by atoms with Crippen molar-refractivity contribution in [2.24, 2.45) is 11.3 Å². The van der Waals surface area contributed by atoms with E-state index in [-0.39, 0.29) is 0 Å². The average Bonchev–Trinajstić information content (AvgIpc) is 2.05. The van der Waals surface area contributed by atoms with Crippen LogP contribution in [-0.4, -0.2) is 0 Å². The fourth-order valence-corrected chi connectivity index (χ4v) is 2.46. The van der Waals surface area contributed by atoms with Gasteiger partial charge in [0.25, 0.3) is 0 Å². The molecule has 0 heterocycles. The van der Waals surface area contributed by atoms with Gasteiger partial charge >= 0.3 is 0 Å². The molecule has 0 spiro atoms. The van der Waals surface area contributed by atoms with E-state index in [1.165, 1.54) is 38.5 Å². The minimum absolute atomic E-state index is 0.614. The molecule has 0 aromatic rings. The van der Waals surface area contributed by atoms with E-state index in [4.69, 9.17) is 0 Å². The third-order valence-corrected chi connectivity index (χ3v) is 3.33. The summed E-state index contributed by atoms with van der Waals surface area (Å²) in [6, 6.07) is 0. The standard InChI is InChI=1S/C13H28/c1-6-9-12(4)11-13(5,8-3)10-7-2/h12H,6-11H2,1-5H3. The van der Waals surface area contributed by atoms with Gasteiger partial charge in [-0.15, -0.1) is 0 Å². The van der Waals surface area contributed by atoms with Crippen molar-refractivity contribution >= 4 is 0 Å². The highest BCUT2D eigenvalue weighted by Gasteiger charge is 2.22. The van der Waals surface area contributed by atoms with Crippen LogP contribution in [0.4, 0.5) is 0 Å². The molecular formula is C13H28. The molecule has 2 unspecified atom stereocenters. The molecule has 0 N–H and O–H groups in total. The van der Waals surface area contributed by atoms with E-state index >= 15 is 0 Å². The molecule has 0 aromatic carbocycles. The van der Waals surface area contributed by atoms with Crippen LogP contribution in [-0.2, 0) is 0 Å². The van der Waals surface area contributed by atoms with Crippen molar-refractivity contribution in [3.05, 3.63) is 0 Å². The zero-order valence-electron chi connectivity index (χ0n) is 10.3.